The summed E-state index contributed by atoms with van der Waals surface area (Å²) in [6.45, 7) is 4.06. The van der Waals surface area contributed by atoms with E-state index in [2.05, 4.69) is 29.7 Å². The van der Waals surface area contributed by atoms with Crippen LogP contribution in [-0.4, -0.2) is 79.3 Å². The van der Waals surface area contributed by atoms with Crippen molar-refractivity contribution in [2.45, 2.75) is 13.1 Å². The van der Waals surface area contributed by atoms with Gasteiger partial charge in [-0.15, -0.1) is 0 Å². The summed E-state index contributed by atoms with van der Waals surface area (Å²) in [6, 6.07) is 15.9. The Bertz CT molecular complexity index is 924. The second kappa shape index (κ2) is 9.82. The maximum atomic E-state index is 9.50. The maximum Gasteiger partial charge on any atom is 0.121 e. The summed E-state index contributed by atoms with van der Waals surface area (Å²) in [6.07, 6.45) is 0. The highest BCUT2D eigenvalue weighted by atomic mass is 16.3. The lowest BCUT2D eigenvalue weighted by Crippen LogP contribution is -2.37. The normalized spacial score (nSPS) is 12.0. The minimum Gasteiger partial charge on any atom is -0.395 e. The van der Waals surface area contributed by atoms with Crippen molar-refractivity contribution in [3.8, 4) is 0 Å². The van der Waals surface area contributed by atoms with Crippen molar-refractivity contribution in [3.63, 3.8) is 0 Å². The Kier molecular flexibility index (Phi) is 6.70. The van der Waals surface area contributed by atoms with Crippen molar-refractivity contribution in [2.75, 3.05) is 39.4 Å². The maximum absolute atomic E-state index is 9.50. The lowest BCUT2D eigenvalue weighted by Gasteiger charge is -2.25. The monoisotopic (exact) mass is 408 g/mol. The van der Waals surface area contributed by atoms with Crippen molar-refractivity contribution in [3.05, 3.63) is 60.2 Å². The summed E-state index contributed by atoms with van der Waals surface area (Å²) in [4.78, 5) is 20.3. The van der Waals surface area contributed by atoms with Crippen molar-refractivity contribution in [2.24, 2.45) is 0 Å². The van der Waals surface area contributed by atoms with Crippen LogP contribution >= 0.6 is 0 Å². The SMILES string of the molecule is OCCN(CCN(CCO)Cc1nc2ccccc2[nH]1)Cc1nc2ccccc2[nH]1. The predicted octanol–water partition coefficient (Wildman–Crippen LogP) is 1.73. The molecule has 158 valence electrons. The van der Waals surface area contributed by atoms with Crippen LogP contribution < -0.4 is 0 Å². The quantitative estimate of drug-likeness (QED) is 0.301. The number of nitrogens with zero attached hydrogens (tertiary/aromatic N) is 4. The average molecular weight is 409 g/mol. The van der Waals surface area contributed by atoms with Gasteiger partial charge in [0.1, 0.15) is 11.6 Å². The zero-order valence-corrected chi connectivity index (χ0v) is 17.0. The second-order valence-electron chi connectivity index (χ2n) is 7.40. The number of benzene rings is 2. The molecular weight excluding hydrogens is 380 g/mol. The number of H-pyrrole nitrogens is 2. The number of nitrogens with one attached hydrogen (secondary N) is 2. The van der Waals surface area contributed by atoms with Crippen LogP contribution in [0.15, 0.2) is 48.5 Å². The molecule has 30 heavy (non-hydrogen) atoms. The number of para-hydroxylation sites is 4. The Balaban J connectivity index is 1.39. The fourth-order valence-corrected chi connectivity index (χ4v) is 3.69. The fourth-order valence-electron chi connectivity index (χ4n) is 3.69. The Hall–Kier alpha value is -2.78. The first-order chi connectivity index (χ1) is 14.7. The van der Waals surface area contributed by atoms with E-state index >= 15 is 0 Å². The van der Waals surface area contributed by atoms with Gasteiger partial charge < -0.3 is 20.2 Å². The molecule has 0 spiro atoms. The van der Waals surface area contributed by atoms with E-state index in [1.165, 1.54) is 0 Å². The van der Waals surface area contributed by atoms with Crippen LogP contribution in [0.4, 0.5) is 0 Å². The van der Waals surface area contributed by atoms with E-state index in [4.69, 9.17) is 0 Å². The lowest BCUT2D eigenvalue weighted by atomic mass is 10.3. The smallest absolute Gasteiger partial charge is 0.121 e. The molecule has 0 aliphatic rings. The molecule has 0 radical (unpaired) electrons. The van der Waals surface area contributed by atoms with Gasteiger partial charge in [-0.3, -0.25) is 9.80 Å². The summed E-state index contributed by atoms with van der Waals surface area (Å²) in [5.41, 5.74) is 3.93. The van der Waals surface area contributed by atoms with Gasteiger partial charge in [-0.05, 0) is 24.3 Å². The molecule has 0 saturated carbocycles. The van der Waals surface area contributed by atoms with Gasteiger partial charge in [-0.1, -0.05) is 24.3 Å². The predicted molar refractivity (Wildman–Crippen MR) is 117 cm³/mol. The molecule has 0 bridgehead atoms. The Morgan fingerprint density at radius 3 is 1.47 bits per heavy atom. The van der Waals surface area contributed by atoms with Crippen molar-refractivity contribution < 1.29 is 10.2 Å². The topological polar surface area (TPSA) is 104 Å². The fraction of sp³-hybridized carbons (Fsp3) is 0.364. The highest BCUT2D eigenvalue weighted by Gasteiger charge is 2.14. The summed E-state index contributed by atoms with van der Waals surface area (Å²) in [5, 5.41) is 19.0. The van der Waals surface area contributed by atoms with Gasteiger partial charge in [0.25, 0.3) is 0 Å². The zero-order chi connectivity index (χ0) is 20.8. The molecule has 4 aromatic rings. The van der Waals surface area contributed by atoms with E-state index in [1.807, 2.05) is 48.5 Å². The van der Waals surface area contributed by atoms with E-state index in [0.29, 0.717) is 26.2 Å². The molecule has 8 nitrogen and oxygen atoms in total. The third-order valence-electron chi connectivity index (χ3n) is 5.19. The molecule has 4 rings (SSSR count). The van der Waals surface area contributed by atoms with Crippen LogP contribution in [0, 0.1) is 0 Å². The Labute approximate surface area is 175 Å². The summed E-state index contributed by atoms with van der Waals surface area (Å²) < 4.78 is 0. The van der Waals surface area contributed by atoms with Gasteiger partial charge in [0, 0.05) is 26.2 Å². The van der Waals surface area contributed by atoms with Crippen LogP contribution in [0.1, 0.15) is 11.6 Å². The molecule has 0 amide bonds. The Morgan fingerprint density at radius 1 is 0.633 bits per heavy atom. The number of aliphatic hydroxyl groups excluding tert-OH is 2. The number of aromatic amines is 2. The van der Waals surface area contributed by atoms with Gasteiger partial charge in [-0.2, -0.15) is 0 Å². The summed E-state index contributed by atoms with van der Waals surface area (Å²) in [7, 11) is 0. The molecule has 2 aromatic carbocycles. The molecule has 0 atom stereocenters. The molecule has 2 heterocycles. The average Bonchev–Trinajstić information content (AvgIpc) is 3.34. The number of imidazole rings is 2. The molecule has 0 saturated heterocycles. The van der Waals surface area contributed by atoms with E-state index in [-0.39, 0.29) is 13.2 Å². The van der Waals surface area contributed by atoms with E-state index < -0.39 is 0 Å². The molecule has 8 heteroatoms. The highest BCUT2D eigenvalue weighted by Crippen LogP contribution is 2.13. The Morgan fingerprint density at radius 2 is 1.07 bits per heavy atom. The molecule has 0 aliphatic carbocycles. The minimum absolute atomic E-state index is 0.0871. The number of hydrogen-bond acceptors (Lipinski definition) is 6. The van der Waals surface area contributed by atoms with Crippen molar-refractivity contribution in [1.82, 2.24) is 29.7 Å². The number of rotatable bonds is 11. The summed E-state index contributed by atoms with van der Waals surface area (Å²) >= 11 is 0. The third kappa shape index (κ3) is 5.03. The van der Waals surface area contributed by atoms with Gasteiger partial charge in [0.05, 0.1) is 48.4 Å². The van der Waals surface area contributed by atoms with Crippen molar-refractivity contribution >= 4 is 22.1 Å². The van der Waals surface area contributed by atoms with Crippen LogP contribution in [0.2, 0.25) is 0 Å². The van der Waals surface area contributed by atoms with Gasteiger partial charge in [-0.25, -0.2) is 9.97 Å². The molecule has 0 unspecified atom stereocenters. The van der Waals surface area contributed by atoms with Crippen LogP contribution in [-0.2, 0) is 13.1 Å². The second-order valence-corrected chi connectivity index (χ2v) is 7.40. The number of aromatic nitrogens is 4. The first-order valence-electron chi connectivity index (χ1n) is 10.3. The number of hydrogen-bond donors (Lipinski definition) is 4. The summed E-state index contributed by atoms with van der Waals surface area (Å²) in [5.74, 6) is 1.77. The zero-order valence-electron chi connectivity index (χ0n) is 17.0. The molecule has 4 N–H and O–H groups in total. The molecule has 2 aromatic heterocycles. The first-order valence-corrected chi connectivity index (χ1v) is 10.3. The van der Waals surface area contributed by atoms with E-state index in [9.17, 15) is 10.2 Å². The van der Waals surface area contributed by atoms with Gasteiger partial charge in [0.15, 0.2) is 0 Å². The molecule has 0 aliphatic heterocycles. The van der Waals surface area contributed by atoms with Gasteiger partial charge in [0.2, 0.25) is 0 Å². The number of fused-ring (bicyclic) bond motifs is 2. The lowest BCUT2D eigenvalue weighted by molar-refractivity contribution is 0.141. The van der Waals surface area contributed by atoms with Crippen LogP contribution in [0.3, 0.4) is 0 Å². The van der Waals surface area contributed by atoms with Crippen LogP contribution in [0.5, 0.6) is 0 Å². The largest absolute Gasteiger partial charge is 0.395 e. The van der Waals surface area contributed by atoms with E-state index in [1.54, 1.807) is 0 Å². The standard InChI is InChI=1S/C22H28N6O2/c29-13-11-27(15-21-23-17-5-1-2-6-18(17)24-21)9-10-28(12-14-30)16-22-25-19-7-3-4-8-20(19)26-22/h1-8,29-30H,9-16H2,(H,23,24)(H,25,26). The van der Waals surface area contributed by atoms with Crippen LogP contribution in [0.25, 0.3) is 22.1 Å². The first kappa shape index (κ1) is 20.5. The number of aliphatic hydroxyl groups is 2. The minimum atomic E-state index is 0.0871. The van der Waals surface area contributed by atoms with E-state index in [0.717, 1.165) is 46.8 Å². The third-order valence-corrected chi connectivity index (χ3v) is 5.19. The molecular formula is C22H28N6O2. The molecule has 0 fully saturated rings. The highest BCUT2D eigenvalue weighted by molar-refractivity contribution is 5.75. The van der Waals surface area contributed by atoms with Crippen molar-refractivity contribution in [1.29, 1.82) is 0 Å². The van der Waals surface area contributed by atoms with Gasteiger partial charge >= 0.3 is 0 Å².